The van der Waals surface area contributed by atoms with Crippen molar-refractivity contribution in [3.05, 3.63) is 11.6 Å². The summed E-state index contributed by atoms with van der Waals surface area (Å²) in [5.74, 6) is 0.708. The molecule has 0 amide bonds. The van der Waals surface area contributed by atoms with Crippen LogP contribution in [0.25, 0.3) is 0 Å². The van der Waals surface area contributed by atoms with Crippen LogP contribution < -0.4 is 5.73 Å². The molecule has 2 nitrogen and oxygen atoms in total. The highest BCUT2D eigenvalue weighted by Gasteiger charge is 2.34. The van der Waals surface area contributed by atoms with Crippen LogP contribution in [0.4, 0.5) is 0 Å². The molecule has 1 aliphatic rings. The Kier molecular flexibility index (Phi) is 3.73. The molecular formula is C12H23NO. The van der Waals surface area contributed by atoms with Crippen LogP contribution in [0.1, 0.15) is 40.0 Å². The first-order valence-electron chi connectivity index (χ1n) is 5.52. The van der Waals surface area contributed by atoms with Gasteiger partial charge in [-0.3, -0.25) is 0 Å². The summed E-state index contributed by atoms with van der Waals surface area (Å²) in [5, 5.41) is 8.85. The molecule has 1 rings (SSSR count). The predicted molar refractivity (Wildman–Crippen MR) is 59.9 cm³/mol. The molecule has 0 bridgehead atoms. The Bertz CT molecular complexity index is 220. The molecule has 0 radical (unpaired) electrons. The highest BCUT2D eigenvalue weighted by molar-refractivity contribution is 5.18. The van der Waals surface area contributed by atoms with Gasteiger partial charge in [0.2, 0.25) is 0 Å². The number of nitrogens with two attached hydrogens (primary N) is 1. The molecule has 0 aromatic heterocycles. The minimum Gasteiger partial charge on any atom is -0.395 e. The van der Waals surface area contributed by atoms with Crippen LogP contribution >= 0.6 is 0 Å². The zero-order valence-electron chi connectivity index (χ0n) is 9.59. The van der Waals surface area contributed by atoms with Gasteiger partial charge in [-0.1, -0.05) is 25.5 Å². The van der Waals surface area contributed by atoms with Crippen LogP contribution in [0.3, 0.4) is 0 Å². The first kappa shape index (κ1) is 11.7. The van der Waals surface area contributed by atoms with Crippen molar-refractivity contribution in [2.45, 2.75) is 46.1 Å². The minimum atomic E-state index is -0.0355. The maximum atomic E-state index is 8.85. The minimum absolute atomic E-state index is 0.0355. The largest absolute Gasteiger partial charge is 0.395 e. The maximum Gasteiger partial charge on any atom is 0.0582 e. The molecule has 82 valence electrons. The number of hydrogen-bond acceptors (Lipinski definition) is 2. The van der Waals surface area contributed by atoms with E-state index in [2.05, 4.69) is 26.8 Å². The van der Waals surface area contributed by atoms with Gasteiger partial charge >= 0.3 is 0 Å². The van der Waals surface area contributed by atoms with E-state index in [9.17, 15) is 0 Å². The van der Waals surface area contributed by atoms with E-state index in [1.807, 2.05) is 0 Å². The summed E-state index contributed by atoms with van der Waals surface area (Å²) in [4.78, 5) is 0. The van der Waals surface area contributed by atoms with E-state index in [1.165, 1.54) is 12.0 Å². The number of aliphatic hydroxyl groups excluding tert-OH is 1. The Morgan fingerprint density at radius 3 is 2.71 bits per heavy atom. The van der Waals surface area contributed by atoms with Crippen LogP contribution in [0, 0.1) is 11.3 Å². The van der Waals surface area contributed by atoms with E-state index >= 15 is 0 Å². The average Bonchev–Trinajstić information content (AvgIpc) is 2.39. The van der Waals surface area contributed by atoms with Gasteiger partial charge < -0.3 is 10.8 Å². The molecule has 0 fully saturated rings. The van der Waals surface area contributed by atoms with Gasteiger partial charge in [0.1, 0.15) is 0 Å². The fourth-order valence-corrected chi connectivity index (χ4v) is 2.18. The van der Waals surface area contributed by atoms with E-state index < -0.39 is 0 Å². The summed E-state index contributed by atoms with van der Waals surface area (Å²) in [6.07, 6.45) is 5.58. The third-order valence-electron chi connectivity index (χ3n) is 3.87. The second-order valence-corrected chi connectivity index (χ2v) is 5.06. The second kappa shape index (κ2) is 4.45. The molecule has 0 aromatic carbocycles. The zero-order valence-corrected chi connectivity index (χ0v) is 9.59. The topological polar surface area (TPSA) is 46.2 Å². The van der Waals surface area contributed by atoms with E-state index in [0.717, 1.165) is 12.8 Å². The van der Waals surface area contributed by atoms with Crippen LogP contribution in [0.5, 0.6) is 0 Å². The van der Waals surface area contributed by atoms with Crippen molar-refractivity contribution in [1.29, 1.82) is 0 Å². The standard InChI is InChI=1S/C12H23NO/c1-9-4-5-10(12(9,2)3)6-7-11(13)8-14/h4,10-11,14H,5-8,13H2,1-3H3. The second-order valence-electron chi connectivity index (χ2n) is 5.06. The summed E-state index contributed by atoms with van der Waals surface area (Å²) >= 11 is 0. The van der Waals surface area contributed by atoms with Crippen molar-refractivity contribution in [2.75, 3.05) is 6.61 Å². The van der Waals surface area contributed by atoms with Crippen molar-refractivity contribution in [3.63, 3.8) is 0 Å². The van der Waals surface area contributed by atoms with E-state index in [4.69, 9.17) is 10.8 Å². The van der Waals surface area contributed by atoms with Crippen LogP contribution in [-0.2, 0) is 0 Å². The molecule has 14 heavy (non-hydrogen) atoms. The van der Waals surface area contributed by atoms with Gasteiger partial charge in [0, 0.05) is 6.04 Å². The Balaban J connectivity index is 2.41. The van der Waals surface area contributed by atoms with Crippen LogP contribution in [0.15, 0.2) is 11.6 Å². The van der Waals surface area contributed by atoms with E-state index in [0.29, 0.717) is 11.3 Å². The smallest absolute Gasteiger partial charge is 0.0582 e. The van der Waals surface area contributed by atoms with Gasteiger partial charge in [0.05, 0.1) is 6.61 Å². The first-order chi connectivity index (χ1) is 6.48. The molecule has 0 heterocycles. The Morgan fingerprint density at radius 1 is 1.64 bits per heavy atom. The molecular weight excluding hydrogens is 174 g/mol. The van der Waals surface area contributed by atoms with Crippen molar-refractivity contribution >= 4 is 0 Å². The van der Waals surface area contributed by atoms with Crippen LogP contribution in [-0.4, -0.2) is 17.8 Å². The summed E-state index contributed by atoms with van der Waals surface area (Å²) in [6.45, 7) is 6.94. The lowest BCUT2D eigenvalue weighted by Crippen LogP contribution is -2.27. The monoisotopic (exact) mass is 197 g/mol. The number of hydrogen-bond donors (Lipinski definition) is 2. The van der Waals surface area contributed by atoms with Crippen molar-refractivity contribution < 1.29 is 5.11 Å². The van der Waals surface area contributed by atoms with E-state index in [1.54, 1.807) is 0 Å². The van der Waals surface area contributed by atoms with E-state index in [-0.39, 0.29) is 12.6 Å². The highest BCUT2D eigenvalue weighted by Crippen LogP contribution is 2.45. The molecule has 2 unspecified atom stereocenters. The lowest BCUT2D eigenvalue weighted by atomic mass is 9.75. The average molecular weight is 197 g/mol. The number of rotatable bonds is 4. The molecule has 2 heteroatoms. The Labute approximate surface area is 87.2 Å². The van der Waals surface area contributed by atoms with Crippen molar-refractivity contribution in [1.82, 2.24) is 0 Å². The van der Waals surface area contributed by atoms with Gasteiger partial charge in [-0.15, -0.1) is 0 Å². The fraction of sp³-hybridized carbons (Fsp3) is 0.833. The van der Waals surface area contributed by atoms with Crippen LogP contribution in [0.2, 0.25) is 0 Å². The van der Waals surface area contributed by atoms with Gasteiger partial charge in [-0.25, -0.2) is 0 Å². The summed E-state index contributed by atoms with van der Waals surface area (Å²) in [7, 11) is 0. The summed E-state index contributed by atoms with van der Waals surface area (Å²) < 4.78 is 0. The third-order valence-corrected chi connectivity index (χ3v) is 3.87. The van der Waals surface area contributed by atoms with Gasteiger partial charge in [-0.2, -0.15) is 0 Å². The first-order valence-corrected chi connectivity index (χ1v) is 5.52. The molecule has 0 aromatic rings. The molecule has 0 saturated heterocycles. The normalized spacial score (nSPS) is 27.5. The third kappa shape index (κ3) is 2.37. The molecule has 1 aliphatic carbocycles. The zero-order chi connectivity index (χ0) is 10.8. The van der Waals surface area contributed by atoms with Gasteiger partial charge in [0.25, 0.3) is 0 Å². The fourth-order valence-electron chi connectivity index (χ4n) is 2.18. The van der Waals surface area contributed by atoms with Crippen molar-refractivity contribution in [2.24, 2.45) is 17.1 Å². The molecule has 0 spiro atoms. The summed E-state index contributed by atoms with van der Waals surface area (Å²) in [6, 6.07) is -0.0355. The Hall–Kier alpha value is -0.340. The predicted octanol–water partition coefficient (Wildman–Crippen LogP) is 2.08. The lowest BCUT2D eigenvalue weighted by Gasteiger charge is -2.30. The molecule has 3 N–H and O–H groups in total. The summed E-state index contributed by atoms with van der Waals surface area (Å²) in [5.41, 5.74) is 7.54. The number of allylic oxidation sites excluding steroid dienone is 2. The molecule has 0 saturated carbocycles. The molecule has 0 aliphatic heterocycles. The SMILES string of the molecule is CC1=CCC(CCC(N)CO)C1(C)C. The molecule has 2 atom stereocenters. The van der Waals surface area contributed by atoms with Crippen molar-refractivity contribution in [3.8, 4) is 0 Å². The maximum absolute atomic E-state index is 8.85. The quantitative estimate of drug-likeness (QED) is 0.678. The Morgan fingerprint density at radius 2 is 2.29 bits per heavy atom. The highest BCUT2D eigenvalue weighted by atomic mass is 16.3. The number of aliphatic hydroxyl groups is 1. The lowest BCUT2D eigenvalue weighted by molar-refractivity contribution is 0.226. The van der Waals surface area contributed by atoms with Gasteiger partial charge in [0.15, 0.2) is 0 Å². The van der Waals surface area contributed by atoms with Gasteiger partial charge in [-0.05, 0) is 37.5 Å².